The lowest BCUT2D eigenvalue weighted by Gasteiger charge is -2.02. The minimum Gasteiger partial charge on any atom is -0.383 e. The van der Waals surface area contributed by atoms with Gasteiger partial charge >= 0.3 is 0 Å². The van der Waals surface area contributed by atoms with Gasteiger partial charge in [0.1, 0.15) is 11.5 Å². The van der Waals surface area contributed by atoms with Crippen LogP contribution in [0.3, 0.4) is 0 Å². The molecule has 3 N–H and O–H groups in total. The summed E-state index contributed by atoms with van der Waals surface area (Å²) in [6.45, 7) is 1.86. The van der Waals surface area contributed by atoms with Gasteiger partial charge in [-0.25, -0.2) is 4.68 Å². The lowest BCUT2D eigenvalue weighted by atomic mass is 10.1. The van der Waals surface area contributed by atoms with Gasteiger partial charge in [-0.3, -0.25) is 4.79 Å². The van der Waals surface area contributed by atoms with Crippen molar-refractivity contribution in [3.8, 4) is 16.9 Å². The van der Waals surface area contributed by atoms with Crippen LogP contribution in [0, 0.1) is 6.92 Å². The van der Waals surface area contributed by atoms with Gasteiger partial charge in [0, 0.05) is 24.0 Å². The fourth-order valence-corrected chi connectivity index (χ4v) is 2.13. The molecule has 0 saturated heterocycles. The monoisotopic (exact) mass is 266 g/mol. The van der Waals surface area contributed by atoms with Crippen LogP contribution in [0.5, 0.6) is 0 Å². The van der Waals surface area contributed by atoms with Crippen molar-refractivity contribution in [1.29, 1.82) is 0 Å². The highest BCUT2D eigenvalue weighted by Crippen LogP contribution is 2.26. The van der Waals surface area contributed by atoms with Crippen LogP contribution >= 0.6 is 0 Å². The molecule has 5 nitrogen and oxygen atoms in total. The van der Waals surface area contributed by atoms with Crippen molar-refractivity contribution in [2.24, 2.45) is 0 Å². The van der Waals surface area contributed by atoms with Gasteiger partial charge in [-0.05, 0) is 19.1 Å². The van der Waals surface area contributed by atoms with Gasteiger partial charge in [-0.15, -0.1) is 0 Å². The van der Waals surface area contributed by atoms with Crippen LogP contribution in [0.25, 0.3) is 16.9 Å². The van der Waals surface area contributed by atoms with E-state index in [9.17, 15) is 4.79 Å². The number of H-pyrrole nitrogens is 1. The zero-order chi connectivity index (χ0) is 14.1. The van der Waals surface area contributed by atoms with Crippen LogP contribution in [0.15, 0.2) is 53.6 Å². The van der Waals surface area contributed by atoms with Crippen molar-refractivity contribution in [3.63, 3.8) is 0 Å². The number of pyridine rings is 1. The maximum atomic E-state index is 11.9. The second kappa shape index (κ2) is 4.70. The van der Waals surface area contributed by atoms with Gasteiger partial charge in [0.25, 0.3) is 0 Å². The van der Waals surface area contributed by atoms with Crippen LogP contribution in [0.4, 0.5) is 5.82 Å². The van der Waals surface area contributed by atoms with Crippen LogP contribution in [-0.4, -0.2) is 14.8 Å². The lowest BCUT2D eigenvalue weighted by molar-refractivity contribution is 0.894. The molecule has 5 heteroatoms. The first-order valence-corrected chi connectivity index (χ1v) is 6.26. The quantitative estimate of drug-likeness (QED) is 0.746. The second-order valence-corrected chi connectivity index (χ2v) is 4.53. The average molecular weight is 266 g/mol. The third kappa shape index (κ3) is 1.89. The number of aromatic amines is 1. The molecular weight excluding hydrogens is 252 g/mol. The summed E-state index contributed by atoms with van der Waals surface area (Å²) in [5.74, 6) is 0.537. The van der Waals surface area contributed by atoms with Gasteiger partial charge in [0.05, 0.1) is 11.3 Å². The topological polar surface area (TPSA) is 76.7 Å². The van der Waals surface area contributed by atoms with Gasteiger partial charge in [0.2, 0.25) is 0 Å². The van der Waals surface area contributed by atoms with E-state index in [-0.39, 0.29) is 5.43 Å². The highest BCUT2D eigenvalue weighted by atomic mass is 16.1. The standard InChI is InChI=1S/C15H14N4O/c1-10-14(12-9-17-8-7-13(12)20)18-19(15(10)16)11-5-3-2-4-6-11/h2-9H,16H2,1H3,(H,17,20). The number of anilines is 1. The highest BCUT2D eigenvalue weighted by molar-refractivity contribution is 5.68. The summed E-state index contributed by atoms with van der Waals surface area (Å²) < 4.78 is 1.65. The van der Waals surface area contributed by atoms with E-state index in [0.717, 1.165) is 11.3 Å². The zero-order valence-corrected chi connectivity index (χ0v) is 11.0. The number of rotatable bonds is 2. The number of benzene rings is 1. The van der Waals surface area contributed by atoms with E-state index in [2.05, 4.69) is 10.1 Å². The molecular formula is C15H14N4O. The van der Waals surface area contributed by atoms with Gasteiger partial charge in [0.15, 0.2) is 5.43 Å². The highest BCUT2D eigenvalue weighted by Gasteiger charge is 2.16. The summed E-state index contributed by atoms with van der Waals surface area (Å²) >= 11 is 0. The molecule has 0 saturated carbocycles. The first-order valence-electron chi connectivity index (χ1n) is 6.26. The largest absolute Gasteiger partial charge is 0.383 e. The SMILES string of the molecule is Cc1c(-c2c[nH]ccc2=O)nn(-c2ccccc2)c1N. The molecule has 0 aliphatic carbocycles. The number of hydrogen-bond acceptors (Lipinski definition) is 3. The molecule has 0 radical (unpaired) electrons. The third-order valence-electron chi connectivity index (χ3n) is 3.25. The van der Waals surface area contributed by atoms with Crippen molar-refractivity contribution in [3.05, 3.63) is 64.6 Å². The normalized spacial score (nSPS) is 10.7. The Morgan fingerprint density at radius 2 is 1.95 bits per heavy atom. The van der Waals surface area contributed by atoms with Gasteiger partial charge in [-0.1, -0.05) is 18.2 Å². The molecule has 0 amide bonds. The van der Waals surface area contributed by atoms with E-state index in [1.165, 1.54) is 6.07 Å². The summed E-state index contributed by atoms with van der Waals surface area (Å²) in [6.07, 6.45) is 3.24. The van der Waals surface area contributed by atoms with Crippen molar-refractivity contribution in [1.82, 2.24) is 14.8 Å². The Bertz CT molecular complexity index is 802. The van der Waals surface area contributed by atoms with Crippen LogP contribution in [-0.2, 0) is 0 Å². The molecule has 3 aromatic rings. The van der Waals surface area contributed by atoms with Crippen molar-refractivity contribution < 1.29 is 0 Å². The van der Waals surface area contributed by atoms with E-state index in [0.29, 0.717) is 17.1 Å². The molecule has 0 spiro atoms. The second-order valence-electron chi connectivity index (χ2n) is 4.53. The molecule has 20 heavy (non-hydrogen) atoms. The molecule has 0 aliphatic heterocycles. The maximum Gasteiger partial charge on any atom is 0.191 e. The Balaban J connectivity index is 2.21. The van der Waals surface area contributed by atoms with E-state index < -0.39 is 0 Å². The summed E-state index contributed by atoms with van der Waals surface area (Å²) in [6, 6.07) is 11.1. The van der Waals surface area contributed by atoms with E-state index in [1.807, 2.05) is 37.3 Å². The Morgan fingerprint density at radius 1 is 1.20 bits per heavy atom. The maximum absolute atomic E-state index is 11.9. The zero-order valence-electron chi connectivity index (χ0n) is 11.0. The first-order chi connectivity index (χ1) is 9.68. The fraction of sp³-hybridized carbons (Fsp3) is 0.0667. The number of nitrogens with two attached hydrogens (primary N) is 1. The number of nitrogen functional groups attached to an aromatic ring is 1. The lowest BCUT2D eigenvalue weighted by Crippen LogP contribution is -2.04. The predicted molar refractivity (Wildman–Crippen MR) is 78.8 cm³/mol. The molecule has 0 bridgehead atoms. The molecule has 3 rings (SSSR count). The Labute approximate surface area is 115 Å². The molecule has 0 fully saturated rings. The van der Waals surface area contributed by atoms with Crippen LogP contribution in [0.2, 0.25) is 0 Å². The summed E-state index contributed by atoms with van der Waals surface area (Å²) in [4.78, 5) is 14.8. The summed E-state index contributed by atoms with van der Waals surface area (Å²) in [5, 5.41) is 4.48. The summed E-state index contributed by atoms with van der Waals surface area (Å²) in [7, 11) is 0. The van der Waals surface area contributed by atoms with Crippen LogP contribution in [0.1, 0.15) is 5.56 Å². The fourth-order valence-electron chi connectivity index (χ4n) is 2.13. The smallest absolute Gasteiger partial charge is 0.191 e. The Kier molecular flexibility index (Phi) is 2.87. The van der Waals surface area contributed by atoms with Crippen LogP contribution < -0.4 is 11.2 Å². The van der Waals surface area contributed by atoms with E-state index in [4.69, 9.17) is 5.73 Å². The summed E-state index contributed by atoms with van der Waals surface area (Å²) in [5.41, 5.74) is 8.82. The number of nitrogens with one attached hydrogen (secondary N) is 1. The van der Waals surface area contributed by atoms with Gasteiger partial charge in [-0.2, -0.15) is 5.10 Å². The van der Waals surface area contributed by atoms with Crippen molar-refractivity contribution in [2.45, 2.75) is 6.92 Å². The van der Waals surface area contributed by atoms with E-state index in [1.54, 1.807) is 17.1 Å². The Morgan fingerprint density at radius 3 is 2.65 bits per heavy atom. The minimum atomic E-state index is -0.0791. The first kappa shape index (κ1) is 12.2. The molecule has 1 aromatic carbocycles. The molecule has 0 atom stereocenters. The predicted octanol–water partition coefficient (Wildman–Crippen LogP) is 2.12. The third-order valence-corrected chi connectivity index (χ3v) is 3.25. The van der Waals surface area contributed by atoms with Crippen molar-refractivity contribution >= 4 is 5.82 Å². The van der Waals surface area contributed by atoms with Crippen molar-refractivity contribution in [2.75, 3.05) is 5.73 Å². The number of para-hydroxylation sites is 1. The molecule has 0 unspecified atom stereocenters. The average Bonchev–Trinajstić information content (AvgIpc) is 2.77. The molecule has 100 valence electrons. The molecule has 2 heterocycles. The number of nitrogens with zero attached hydrogens (tertiary/aromatic N) is 2. The van der Waals surface area contributed by atoms with E-state index >= 15 is 0 Å². The number of hydrogen-bond donors (Lipinski definition) is 2. The molecule has 0 aliphatic rings. The number of aromatic nitrogens is 3. The Hall–Kier alpha value is -2.82. The minimum absolute atomic E-state index is 0.0791. The van der Waals surface area contributed by atoms with Gasteiger partial charge < -0.3 is 10.7 Å². The molecule has 2 aromatic heterocycles.